The molecule has 1 aromatic heterocycles. The zero-order valence-electron chi connectivity index (χ0n) is 15.9. The fourth-order valence-corrected chi connectivity index (χ4v) is 2.93. The summed E-state index contributed by atoms with van der Waals surface area (Å²) in [5.74, 6) is -0.183. The summed E-state index contributed by atoms with van der Waals surface area (Å²) in [6.07, 6.45) is 1.48. The Morgan fingerprint density at radius 1 is 1.33 bits per heavy atom. The summed E-state index contributed by atoms with van der Waals surface area (Å²) in [6.45, 7) is 7.44. The lowest BCUT2D eigenvalue weighted by Crippen LogP contribution is -3.13. The maximum Gasteiger partial charge on any atom is 0.338 e. The molecule has 2 rings (SSSR count). The molecule has 0 aliphatic carbocycles. The number of likely N-dealkylation sites (N-methyl/N-ethyl adjacent to an activating group) is 2. The fraction of sp³-hybridized carbons (Fsp3) is 0.500. The third kappa shape index (κ3) is 5.33. The van der Waals surface area contributed by atoms with Crippen molar-refractivity contribution in [2.24, 2.45) is 0 Å². The van der Waals surface area contributed by atoms with Crippen molar-refractivity contribution in [1.82, 2.24) is 16.0 Å². The molecule has 0 saturated heterocycles. The van der Waals surface area contributed by atoms with Crippen LogP contribution in [0.25, 0.3) is 0 Å². The molecular weight excluding hydrogens is 352 g/mol. The molecular formula is C18H27N4O5+. The van der Waals surface area contributed by atoms with Gasteiger partial charge in [0, 0.05) is 6.54 Å². The minimum Gasteiger partial charge on any atom is -0.467 e. The Morgan fingerprint density at radius 3 is 2.70 bits per heavy atom. The number of ether oxygens (including phenoxy) is 1. The van der Waals surface area contributed by atoms with Crippen LogP contribution in [-0.2, 0) is 14.3 Å². The lowest BCUT2D eigenvalue weighted by molar-refractivity contribution is -0.885. The molecule has 9 nitrogen and oxygen atoms in total. The van der Waals surface area contributed by atoms with Gasteiger partial charge in [-0.15, -0.1) is 0 Å². The van der Waals surface area contributed by atoms with Crippen molar-refractivity contribution >= 4 is 17.9 Å². The van der Waals surface area contributed by atoms with Crippen LogP contribution in [0.1, 0.15) is 32.6 Å². The first kappa shape index (κ1) is 20.5. The van der Waals surface area contributed by atoms with E-state index in [1.54, 1.807) is 19.1 Å². The quantitative estimate of drug-likeness (QED) is 0.432. The number of urea groups is 1. The molecule has 1 aromatic rings. The highest BCUT2D eigenvalue weighted by molar-refractivity contribution is 5.95. The van der Waals surface area contributed by atoms with Crippen molar-refractivity contribution in [2.45, 2.75) is 26.8 Å². The van der Waals surface area contributed by atoms with Gasteiger partial charge in [0.2, 0.25) is 0 Å². The monoisotopic (exact) mass is 379 g/mol. The highest BCUT2D eigenvalue weighted by Crippen LogP contribution is 2.27. The molecule has 0 saturated carbocycles. The van der Waals surface area contributed by atoms with Crippen LogP contribution in [0.4, 0.5) is 4.79 Å². The summed E-state index contributed by atoms with van der Waals surface area (Å²) < 4.78 is 10.6. The van der Waals surface area contributed by atoms with Crippen molar-refractivity contribution in [2.75, 3.05) is 32.8 Å². The van der Waals surface area contributed by atoms with Crippen molar-refractivity contribution < 1.29 is 28.4 Å². The van der Waals surface area contributed by atoms with Gasteiger partial charge < -0.3 is 30.0 Å². The summed E-state index contributed by atoms with van der Waals surface area (Å²) in [5.41, 5.74) is 0.716. The maximum atomic E-state index is 12.6. The van der Waals surface area contributed by atoms with Gasteiger partial charge in [-0.3, -0.25) is 4.79 Å². The van der Waals surface area contributed by atoms with Crippen LogP contribution in [-0.4, -0.2) is 50.7 Å². The van der Waals surface area contributed by atoms with Crippen LogP contribution in [0.15, 0.2) is 34.1 Å². The van der Waals surface area contributed by atoms with Crippen molar-refractivity contribution in [3.05, 3.63) is 35.4 Å². The van der Waals surface area contributed by atoms with Crippen molar-refractivity contribution in [3.8, 4) is 0 Å². The molecule has 27 heavy (non-hydrogen) atoms. The number of rotatable bonds is 9. The molecule has 9 heteroatoms. The Kier molecular flexibility index (Phi) is 7.42. The predicted octanol–water partition coefficient (Wildman–Crippen LogP) is -0.508. The molecule has 1 aliphatic heterocycles. The zero-order valence-corrected chi connectivity index (χ0v) is 15.9. The first-order valence-electron chi connectivity index (χ1n) is 9.11. The molecule has 0 aromatic carbocycles. The van der Waals surface area contributed by atoms with Gasteiger partial charge in [0.15, 0.2) is 6.54 Å². The van der Waals surface area contributed by atoms with Gasteiger partial charge in [-0.05, 0) is 32.9 Å². The van der Waals surface area contributed by atoms with E-state index in [9.17, 15) is 14.4 Å². The van der Waals surface area contributed by atoms with E-state index in [0.29, 0.717) is 31.1 Å². The minimum atomic E-state index is -0.745. The summed E-state index contributed by atoms with van der Waals surface area (Å²) in [7, 11) is 0. The highest BCUT2D eigenvalue weighted by Gasteiger charge is 2.36. The second-order valence-electron chi connectivity index (χ2n) is 6.07. The van der Waals surface area contributed by atoms with Crippen LogP contribution in [0.2, 0.25) is 0 Å². The smallest absolute Gasteiger partial charge is 0.338 e. The topological polar surface area (TPSA) is 114 Å². The third-order valence-electron chi connectivity index (χ3n) is 4.19. The Labute approximate surface area is 158 Å². The van der Waals surface area contributed by atoms with Gasteiger partial charge >= 0.3 is 12.0 Å². The molecule has 2 atom stereocenters. The lowest BCUT2D eigenvalue weighted by Gasteiger charge is -2.29. The van der Waals surface area contributed by atoms with Gasteiger partial charge in [-0.1, -0.05) is 0 Å². The molecule has 0 bridgehead atoms. The molecule has 1 unspecified atom stereocenters. The van der Waals surface area contributed by atoms with E-state index in [-0.39, 0.29) is 24.6 Å². The molecule has 148 valence electrons. The molecule has 3 amide bonds. The third-order valence-corrected chi connectivity index (χ3v) is 4.19. The van der Waals surface area contributed by atoms with E-state index < -0.39 is 18.0 Å². The average molecular weight is 379 g/mol. The van der Waals surface area contributed by atoms with Gasteiger partial charge in [-0.2, -0.15) is 0 Å². The Balaban J connectivity index is 2.35. The van der Waals surface area contributed by atoms with E-state index in [0.717, 1.165) is 4.90 Å². The highest BCUT2D eigenvalue weighted by atomic mass is 16.5. The summed E-state index contributed by atoms with van der Waals surface area (Å²) in [4.78, 5) is 37.6. The largest absolute Gasteiger partial charge is 0.467 e. The van der Waals surface area contributed by atoms with Crippen LogP contribution in [0, 0.1) is 0 Å². The number of nitrogens with one attached hydrogen (secondary N) is 4. The van der Waals surface area contributed by atoms with Gasteiger partial charge in [0.05, 0.1) is 30.7 Å². The normalized spacial score (nSPS) is 17.7. The first-order chi connectivity index (χ1) is 13.0. The summed E-state index contributed by atoms with van der Waals surface area (Å²) in [5, 5.41) is 8.16. The second-order valence-corrected chi connectivity index (χ2v) is 6.07. The maximum absolute atomic E-state index is 12.6. The number of quaternary nitrogens is 1. The fourth-order valence-electron chi connectivity index (χ4n) is 2.93. The molecule has 1 aliphatic rings. The number of esters is 1. The molecule has 0 spiro atoms. The molecule has 2 heterocycles. The van der Waals surface area contributed by atoms with Crippen LogP contribution < -0.4 is 20.9 Å². The Morgan fingerprint density at radius 2 is 2.11 bits per heavy atom. The van der Waals surface area contributed by atoms with Crippen molar-refractivity contribution in [1.29, 1.82) is 0 Å². The van der Waals surface area contributed by atoms with Gasteiger partial charge in [0.1, 0.15) is 18.3 Å². The predicted molar refractivity (Wildman–Crippen MR) is 96.7 cm³/mol. The second kappa shape index (κ2) is 9.77. The number of furan rings is 1. The van der Waals surface area contributed by atoms with E-state index >= 15 is 0 Å². The summed E-state index contributed by atoms with van der Waals surface area (Å²) >= 11 is 0. The van der Waals surface area contributed by atoms with E-state index in [4.69, 9.17) is 9.15 Å². The molecule has 0 fully saturated rings. The molecule has 0 radical (unpaired) electrons. The zero-order chi connectivity index (χ0) is 19.8. The number of hydrogen-bond acceptors (Lipinski definition) is 5. The van der Waals surface area contributed by atoms with Gasteiger partial charge in [-0.25, -0.2) is 9.59 Å². The number of hydrogen-bond donors (Lipinski definition) is 4. The van der Waals surface area contributed by atoms with Crippen LogP contribution in [0.5, 0.6) is 0 Å². The summed E-state index contributed by atoms with van der Waals surface area (Å²) in [6, 6.07) is 2.19. The standard InChI is InChI=1S/C18H26N4O5/c1-4-19-14(23)11-22(5-2)10-12-15(17(24)26-6-3)16(21-18(25)20-12)13-8-7-9-27-13/h7-9,16H,4-6,10-11H2,1-3H3,(H,19,23)(H2,20,21,25)/p+1/t16-/m0/s1. The van der Waals surface area contributed by atoms with E-state index in [1.807, 2.05) is 13.8 Å². The number of carbonyl (C=O) groups is 3. The molecule has 4 N–H and O–H groups in total. The Bertz CT molecular complexity index is 699. The SMILES string of the molecule is CCNC(=O)C[NH+](CC)CC1=C(C(=O)OCC)[C@H](c2ccco2)NC(=O)N1. The Hall–Kier alpha value is -2.81. The van der Waals surface area contributed by atoms with Gasteiger partial charge in [0.25, 0.3) is 5.91 Å². The number of carbonyl (C=O) groups excluding carboxylic acids is 3. The van der Waals surface area contributed by atoms with Crippen molar-refractivity contribution in [3.63, 3.8) is 0 Å². The van der Waals surface area contributed by atoms with E-state index in [1.165, 1.54) is 6.26 Å². The van der Waals surface area contributed by atoms with Crippen LogP contribution >= 0.6 is 0 Å². The van der Waals surface area contributed by atoms with Crippen LogP contribution in [0.3, 0.4) is 0 Å². The van der Waals surface area contributed by atoms with E-state index in [2.05, 4.69) is 16.0 Å². The first-order valence-corrected chi connectivity index (χ1v) is 9.11. The average Bonchev–Trinajstić information content (AvgIpc) is 3.15. The minimum absolute atomic E-state index is 0.0875. The number of amides is 3. The lowest BCUT2D eigenvalue weighted by atomic mass is 10.00.